The third kappa shape index (κ3) is 4.81. The van der Waals surface area contributed by atoms with E-state index in [0.717, 1.165) is 12.3 Å². The molecule has 1 aromatic rings. The SMILES string of the molecule is C#C[C@@]1(O)[C@@H](COP(=O)(O)OP(=O)(O)O)O[C@@H](n2ccc(=O)[nH]c2=O)[C@@H]1O. The summed E-state index contributed by atoms with van der Waals surface area (Å²) < 4.78 is 35.9. The number of rotatable bonds is 6. The smallest absolute Gasteiger partial charge is 0.384 e. The average molecular weight is 428 g/mol. The fourth-order valence-electron chi connectivity index (χ4n) is 2.26. The fourth-order valence-corrected chi connectivity index (χ4v) is 3.85. The third-order valence-electron chi connectivity index (χ3n) is 3.47. The van der Waals surface area contributed by atoms with Crippen LogP contribution in [0.5, 0.6) is 0 Å². The molecule has 0 radical (unpaired) electrons. The highest BCUT2D eigenvalue weighted by molar-refractivity contribution is 7.60. The van der Waals surface area contributed by atoms with Gasteiger partial charge >= 0.3 is 21.3 Å². The van der Waals surface area contributed by atoms with Crippen LogP contribution in [0.15, 0.2) is 21.9 Å². The molecule has 0 amide bonds. The summed E-state index contributed by atoms with van der Waals surface area (Å²) >= 11 is 0. The minimum atomic E-state index is -5.38. The van der Waals surface area contributed by atoms with Crippen LogP contribution < -0.4 is 11.2 Å². The summed E-state index contributed by atoms with van der Waals surface area (Å²) in [6.07, 6.45) is 0.827. The molecule has 0 spiro atoms. The summed E-state index contributed by atoms with van der Waals surface area (Å²) in [6.45, 7) is -1.06. The number of phosphoric acid groups is 2. The number of ether oxygens (including phenoxy) is 1. The van der Waals surface area contributed by atoms with Crippen LogP contribution in [0.25, 0.3) is 0 Å². The summed E-state index contributed by atoms with van der Waals surface area (Å²) in [7, 11) is -10.7. The van der Waals surface area contributed by atoms with Crippen molar-refractivity contribution in [3.8, 4) is 12.3 Å². The van der Waals surface area contributed by atoms with Crippen LogP contribution in [-0.4, -0.2) is 58.9 Å². The number of nitrogens with one attached hydrogen (secondary N) is 1. The lowest BCUT2D eigenvalue weighted by atomic mass is 9.93. The molecule has 1 unspecified atom stereocenters. The van der Waals surface area contributed by atoms with E-state index in [0.29, 0.717) is 4.57 Å². The number of aliphatic hydroxyl groups excluding tert-OH is 1. The summed E-state index contributed by atoms with van der Waals surface area (Å²) in [5.41, 5.74) is -4.28. The van der Waals surface area contributed by atoms with E-state index in [2.05, 4.69) is 8.83 Å². The Kier molecular flexibility index (Phi) is 5.96. The van der Waals surface area contributed by atoms with Crippen molar-refractivity contribution in [1.29, 1.82) is 0 Å². The van der Waals surface area contributed by atoms with Crippen molar-refractivity contribution in [1.82, 2.24) is 9.55 Å². The Bertz CT molecular complexity index is 959. The highest BCUT2D eigenvalue weighted by Gasteiger charge is 2.56. The second-order valence-electron chi connectivity index (χ2n) is 5.28. The monoisotopic (exact) mass is 428 g/mol. The highest BCUT2D eigenvalue weighted by Crippen LogP contribution is 2.57. The van der Waals surface area contributed by atoms with Gasteiger partial charge in [0.25, 0.3) is 5.56 Å². The molecule has 0 saturated carbocycles. The van der Waals surface area contributed by atoms with Crippen molar-refractivity contribution < 1.29 is 47.6 Å². The van der Waals surface area contributed by atoms with Gasteiger partial charge in [0.1, 0.15) is 12.2 Å². The third-order valence-corrected chi connectivity index (χ3v) is 5.62. The number of aromatic amines is 1. The quantitative estimate of drug-likeness (QED) is 0.203. The lowest BCUT2D eigenvalue weighted by Crippen LogP contribution is -2.48. The number of aliphatic hydroxyl groups is 2. The Morgan fingerprint density at radius 3 is 2.52 bits per heavy atom. The van der Waals surface area contributed by atoms with Gasteiger partial charge in [-0.3, -0.25) is 18.9 Å². The van der Waals surface area contributed by atoms with Gasteiger partial charge in [-0.25, -0.2) is 13.9 Å². The molecular weight excluding hydrogens is 414 g/mol. The van der Waals surface area contributed by atoms with Crippen LogP contribution in [0, 0.1) is 12.3 Å². The maximum Gasteiger partial charge on any atom is 0.481 e. The zero-order chi connectivity index (χ0) is 20.6. The van der Waals surface area contributed by atoms with Gasteiger partial charge in [0.15, 0.2) is 11.8 Å². The van der Waals surface area contributed by atoms with Gasteiger partial charge in [0, 0.05) is 12.3 Å². The first-order chi connectivity index (χ1) is 12.3. The summed E-state index contributed by atoms with van der Waals surface area (Å²) in [5.74, 6) is 1.80. The summed E-state index contributed by atoms with van der Waals surface area (Å²) in [5, 5.41) is 20.6. The van der Waals surface area contributed by atoms with E-state index in [1.165, 1.54) is 0 Å². The van der Waals surface area contributed by atoms with Gasteiger partial charge in [0.2, 0.25) is 0 Å². The molecule has 1 aromatic heterocycles. The molecule has 150 valence electrons. The molecule has 1 saturated heterocycles. The number of aromatic nitrogens is 2. The topological polar surface area (TPSA) is 218 Å². The molecule has 1 aliphatic rings. The van der Waals surface area contributed by atoms with E-state index in [-0.39, 0.29) is 0 Å². The number of terminal acetylenes is 1. The van der Waals surface area contributed by atoms with Crippen LogP contribution in [-0.2, 0) is 22.7 Å². The van der Waals surface area contributed by atoms with E-state index >= 15 is 0 Å². The predicted molar refractivity (Wildman–Crippen MR) is 83.9 cm³/mol. The van der Waals surface area contributed by atoms with E-state index in [1.807, 2.05) is 4.98 Å². The van der Waals surface area contributed by atoms with Crippen molar-refractivity contribution in [2.75, 3.05) is 6.61 Å². The maximum absolute atomic E-state index is 11.8. The first-order valence-corrected chi connectivity index (χ1v) is 9.91. The van der Waals surface area contributed by atoms with Crippen molar-refractivity contribution in [2.24, 2.45) is 0 Å². The molecule has 1 aliphatic heterocycles. The number of H-pyrrole nitrogens is 1. The standard InChI is InChI=1S/C11H14N2O12P2/c1-2-11(17)6(5-23-27(21,22)25-26(18,19)20)24-9(8(11)15)13-4-3-7(14)12-10(13)16/h1,3-4,6,8-9,15,17H,5H2,(H,21,22)(H,12,14,16)(H2,18,19,20)/t6-,8+,9-,11-/m1/s1. The average Bonchev–Trinajstić information content (AvgIpc) is 2.76. The molecule has 0 bridgehead atoms. The molecule has 6 N–H and O–H groups in total. The molecule has 16 heteroatoms. The Balaban J connectivity index is 2.26. The van der Waals surface area contributed by atoms with Crippen molar-refractivity contribution in [3.63, 3.8) is 0 Å². The van der Waals surface area contributed by atoms with Crippen LogP contribution in [0.2, 0.25) is 0 Å². The number of hydrogen-bond donors (Lipinski definition) is 6. The molecule has 0 aliphatic carbocycles. The molecule has 2 heterocycles. The minimum Gasteiger partial charge on any atom is -0.384 e. The zero-order valence-electron chi connectivity index (χ0n) is 13.1. The first-order valence-electron chi connectivity index (χ1n) is 6.88. The number of phosphoric ester groups is 1. The van der Waals surface area contributed by atoms with Gasteiger partial charge in [-0.2, -0.15) is 4.31 Å². The normalized spacial score (nSPS) is 30.6. The van der Waals surface area contributed by atoms with Gasteiger partial charge in [-0.1, -0.05) is 5.92 Å². The molecule has 27 heavy (non-hydrogen) atoms. The Morgan fingerprint density at radius 2 is 2.00 bits per heavy atom. The Labute approximate surface area is 149 Å². The van der Waals surface area contributed by atoms with Gasteiger partial charge in [0.05, 0.1) is 6.61 Å². The highest BCUT2D eigenvalue weighted by atomic mass is 31.3. The van der Waals surface area contributed by atoms with Gasteiger partial charge in [-0.05, 0) is 0 Å². The molecule has 1 fully saturated rings. The molecule has 2 rings (SSSR count). The lowest BCUT2D eigenvalue weighted by molar-refractivity contribution is -0.0612. The predicted octanol–water partition coefficient (Wildman–Crippen LogP) is -2.61. The maximum atomic E-state index is 11.8. The number of hydrogen-bond acceptors (Lipinski definition) is 9. The summed E-state index contributed by atoms with van der Waals surface area (Å²) in [6, 6.07) is 0.923. The minimum absolute atomic E-state index is 0.694. The number of nitrogens with zero attached hydrogens (tertiary/aromatic N) is 1. The lowest BCUT2D eigenvalue weighted by Gasteiger charge is -2.25. The molecular formula is C11H14N2O12P2. The largest absolute Gasteiger partial charge is 0.481 e. The fraction of sp³-hybridized carbons (Fsp3) is 0.455. The van der Waals surface area contributed by atoms with Gasteiger partial charge < -0.3 is 29.6 Å². The van der Waals surface area contributed by atoms with E-state index in [9.17, 15) is 33.8 Å². The second-order valence-corrected chi connectivity index (χ2v) is 8.11. The van der Waals surface area contributed by atoms with Crippen molar-refractivity contribution in [3.05, 3.63) is 33.1 Å². The van der Waals surface area contributed by atoms with Crippen LogP contribution >= 0.6 is 15.6 Å². The van der Waals surface area contributed by atoms with Crippen molar-refractivity contribution >= 4 is 15.6 Å². The molecule has 5 atom stereocenters. The van der Waals surface area contributed by atoms with E-state index in [4.69, 9.17) is 20.9 Å². The van der Waals surface area contributed by atoms with Crippen LogP contribution in [0.4, 0.5) is 0 Å². The first kappa shape index (κ1) is 21.7. The Morgan fingerprint density at radius 1 is 1.37 bits per heavy atom. The summed E-state index contributed by atoms with van der Waals surface area (Å²) in [4.78, 5) is 51.1. The molecule has 14 nitrogen and oxygen atoms in total. The van der Waals surface area contributed by atoms with E-state index in [1.54, 1.807) is 5.92 Å². The Hall–Kier alpha value is -1.62. The van der Waals surface area contributed by atoms with Crippen LogP contribution in [0.3, 0.4) is 0 Å². The van der Waals surface area contributed by atoms with Gasteiger partial charge in [-0.15, -0.1) is 6.42 Å². The second kappa shape index (κ2) is 7.42. The van der Waals surface area contributed by atoms with Crippen LogP contribution in [0.1, 0.15) is 6.23 Å². The van der Waals surface area contributed by atoms with Crippen molar-refractivity contribution in [2.45, 2.75) is 24.0 Å². The molecule has 0 aromatic carbocycles. The van der Waals surface area contributed by atoms with E-state index < -0.39 is 57.5 Å². The zero-order valence-corrected chi connectivity index (χ0v) is 14.9.